The highest BCUT2D eigenvalue weighted by Gasteiger charge is 2.26. The molecule has 22 heavy (non-hydrogen) atoms. The molecule has 0 radical (unpaired) electrons. The van der Waals surface area contributed by atoms with Crippen molar-refractivity contribution in [3.63, 3.8) is 0 Å². The van der Waals surface area contributed by atoms with E-state index in [0.29, 0.717) is 13.0 Å². The van der Waals surface area contributed by atoms with Gasteiger partial charge in [-0.1, -0.05) is 0 Å². The van der Waals surface area contributed by atoms with Crippen molar-refractivity contribution >= 4 is 12.0 Å². The molecule has 2 N–H and O–H groups in total. The highest BCUT2D eigenvalue weighted by atomic mass is 16.6. The Balaban J connectivity index is 1.83. The Kier molecular flexibility index (Phi) is 5.11. The van der Waals surface area contributed by atoms with Crippen LogP contribution in [-0.4, -0.2) is 46.6 Å². The number of amides is 2. The summed E-state index contributed by atoms with van der Waals surface area (Å²) in [5.74, 6) is 0.0816. The normalized spacial score (nSPS) is 18.9. The Bertz CT molecular complexity index is 505. The van der Waals surface area contributed by atoms with Crippen LogP contribution in [0.5, 0.6) is 0 Å². The average molecular weight is 307 g/mol. The number of piperidine rings is 1. The number of aromatic nitrogens is 1. The van der Waals surface area contributed by atoms with Crippen LogP contribution in [0.2, 0.25) is 0 Å². The van der Waals surface area contributed by atoms with E-state index in [2.05, 4.69) is 10.3 Å². The SMILES string of the molecule is CC(C)(C)OC(=O)N[C@@H]1CCCN(C(=O)Cc2ccc[nH]2)C1. The third kappa shape index (κ3) is 5.09. The highest BCUT2D eigenvalue weighted by Crippen LogP contribution is 2.13. The minimum atomic E-state index is -0.512. The lowest BCUT2D eigenvalue weighted by atomic mass is 10.1. The molecule has 0 aromatic carbocycles. The van der Waals surface area contributed by atoms with E-state index in [4.69, 9.17) is 4.74 Å². The molecule has 0 aliphatic carbocycles. The molecule has 0 unspecified atom stereocenters. The van der Waals surface area contributed by atoms with Gasteiger partial charge in [-0.3, -0.25) is 4.79 Å². The molecule has 1 aromatic heterocycles. The average Bonchev–Trinajstić information content (AvgIpc) is 2.89. The number of alkyl carbamates (subject to hydrolysis) is 1. The van der Waals surface area contributed by atoms with Gasteiger partial charge in [0, 0.05) is 31.0 Å². The molecule has 2 amide bonds. The molecule has 1 aromatic rings. The smallest absolute Gasteiger partial charge is 0.407 e. The molecule has 1 aliphatic heterocycles. The van der Waals surface area contributed by atoms with Gasteiger partial charge in [0.15, 0.2) is 0 Å². The lowest BCUT2D eigenvalue weighted by Crippen LogP contribution is -2.50. The van der Waals surface area contributed by atoms with Crippen molar-refractivity contribution in [3.8, 4) is 0 Å². The van der Waals surface area contributed by atoms with Gasteiger partial charge in [0.05, 0.1) is 6.42 Å². The molecule has 1 aliphatic rings. The van der Waals surface area contributed by atoms with Crippen LogP contribution in [0.3, 0.4) is 0 Å². The van der Waals surface area contributed by atoms with Crippen LogP contribution in [-0.2, 0) is 16.0 Å². The number of H-pyrrole nitrogens is 1. The van der Waals surface area contributed by atoms with Crippen LogP contribution >= 0.6 is 0 Å². The Morgan fingerprint density at radius 1 is 1.45 bits per heavy atom. The number of nitrogens with zero attached hydrogens (tertiary/aromatic N) is 1. The number of aromatic amines is 1. The van der Waals surface area contributed by atoms with Crippen molar-refractivity contribution in [1.29, 1.82) is 0 Å². The van der Waals surface area contributed by atoms with E-state index in [1.165, 1.54) is 0 Å². The predicted octanol–water partition coefficient (Wildman–Crippen LogP) is 2.07. The van der Waals surface area contributed by atoms with E-state index in [1.54, 1.807) is 0 Å². The van der Waals surface area contributed by atoms with Gasteiger partial charge in [-0.25, -0.2) is 4.79 Å². The largest absolute Gasteiger partial charge is 0.444 e. The van der Waals surface area contributed by atoms with Crippen LogP contribution in [0.4, 0.5) is 4.79 Å². The van der Waals surface area contributed by atoms with E-state index in [0.717, 1.165) is 25.1 Å². The van der Waals surface area contributed by atoms with Crippen LogP contribution < -0.4 is 5.32 Å². The molecule has 2 heterocycles. The van der Waals surface area contributed by atoms with Crippen LogP contribution in [0, 0.1) is 0 Å². The van der Waals surface area contributed by atoms with Gasteiger partial charge in [-0.15, -0.1) is 0 Å². The molecule has 0 spiro atoms. The Hall–Kier alpha value is -1.98. The monoisotopic (exact) mass is 307 g/mol. The Morgan fingerprint density at radius 3 is 2.86 bits per heavy atom. The van der Waals surface area contributed by atoms with Gasteiger partial charge in [-0.2, -0.15) is 0 Å². The summed E-state index contributed by atoms with van der Waals surface area (Å²) >= 11 is 0. The van der Waals surface area contributed by atoms with Gasteiger partial charge in [0.25, 0.3) is 0 Å². The van der Waals surface area contributed by atoms with E-state index in [-0.39, 0.29) is 11.9 Å². The molecule has 2 rings (SSSR count). The first-order chi connectivity index (χ1) is 10.3. The van der Waals surface area contributed by atoms with Gasteiger partial charge in [0.1, 0.15) is 5.60 Å². The molecule has 1 atom stereocenters. The molecule has 1 fully saturated rings. The summed E-state index contributed by atoms with van der Waals surface area (Å²) < 4.78 is 5.26. The number of ether oxygens (including phenoxy) is 1. The number of nitrogens with one attached hydrogen (secondary N) is 2. The zero-order valence-electron chi connectivity index (χ0n) is 13.5. The number of rotatable bonds is 3. The summed E-state index contributed by atoms with van der Waals surface area (Å²) in [6.07, 6.45) is 3.51. The number of hydrogen-bond donors (Lipinski definition) is 2. The van der Waals surface area contributed by atoms with Gasteiger partial charge in [-0.05, 0) is 45.7 Å². The molecule has 6 heteroatoms. The van der Waals surface area contributed by atoms with Gasteiger partial charge < -0.3 is 19.9 Å². The van der Waals surface area contributed by atoms with Gasteiger partial charge in [0.2, 0.25) is 5.91 Å². The Morgan fingerprint density at radius 2 is 2.23 bits per heavy atom. The first kappa shape index (κ1) is 16.4. The maximum Gasteiger partial charge on any atom is 0.407 e. The van der Waals surface area contributed by atoms with Crippen molar-refractivity contribution in [2.24, 2.45) is 0 Å². The molecular weight excluding hydrogens is 282 g/mol. The summed E-state index contributed by atoms with van der Waals surface area (Å²) in [6.45, 7) is 6.78. The summed E-state index contributed by atoms with van der Waals surface area (Å²) in [4.78, 5) is 29.0. The number of hydrogen-bond acceptors (Lipinski definition) is 3. The minimum Gasteiger partial charge on any atom is -0.444 e. The molecule has 0 bridgehead atoms. The van der Waals surface area contributed by atoms with Crippen LogP contribution in [0.15, 0.2) is 18.3 Å². The highest BCUT2D eigenvalue weighted by molar-refractivity contribution is 5.78. The first-order valence-electron chi connectivity index (χ1n) is 7.73. The zero-order valence-corrected chi connectivity index (χ0v) is 13.5. The molecule has 1 saturated heterocycles. The molecular formula is C16H25N3O3. The number of carbonyl (C=O) groups excluding carboxylic acids is 2. The fraction of sp³-hybridized carbons (Fsp3) is 0.625. The maximum absolute atomic E-state index is 12.3. The van der Waals surface area contributed by atoms with E-state index in [9.17, 15) is 9.59 Å². The van der Waals surface area contributed by atoms with E-state index >= 15 is 0 Å². The number of carbonyl (C=O) groups is 2. The van der Waals surface area contributed by atoms with Crippen molar-refractivity contribution in [1.82, 2.24) is 15.2 Å². The van der Waals surface area contributed by atoms with Crippen molar-refractivity contribution < 1.29 is 14.3 Å². The fourth-order valence-corrected chi connectivity index (χ4v) is 2.55. The summed E-state index contributed by atoms with van der Waals surface area (Å²) in [7, 11) is 0. The predicted molar refractivity (Wildman–Crippen MR) is 83.5 cm³/mol. The minimum absolute atomic E-state index is 0.0452. The lowest BCUT2D eigenvalue weighted by Gasteiger charge is -2.33. The second-order valence-corrected chi connectivity index (χ2v) is 6.70. The van der Waals surface area contributed by atoms with Crippen LogP contribution in [0.1, 0.15) is 39.3 Å². The first-order valence-corrected chi connectivity index (χ1v) is 7.73. The summed E-state index contributed by atoms with van der Waals surface area (Å²) in [5.41, 5.74) is 0.397. The molecule has 6 nitrogen and oxygen atoms in total. The Labute approximate surface area is 131 Å². The summed E-state index contributed by atoms with van der Waals surface area (Å²) in [5, 5.41) is 2.86. The lowest BCUT2D eigenvalue weighted by molar-refractivity contribution is -0.131. The van der Waals surface area contributed by atoms with Crippen molar-refractivity contribution in [2.75, 3.05) is 13.1 Å². The zero-order chi connectivity index (χ0) is 16.2. The summed E-state index contributed by atoms with van der Waals surface area (Å²) in [6, 6.07) is 3.74. The third-order valence-corrected chi connectivity index (χ3v) is 3.50. The second kappa shape index (κ2) is 6.85. The van der Waals surface area contributed by atoms with E-state index < -0.39 is 11.7 Å². The van der Waals surface area contributed by atoms with Crippen LogP contribution in [0.25, 0.3) is 0 Å². The quantitative estimate of drug-likeness (QED) is 0.897. The topological polar surface area (TPSA) is 74.4 Å². The van der Waals surface area contributed by atoms with Gasteiger partial charge >= 0.3 is 6.09 Å². The van der Waals surface area contributed by atoms with E-state index in [1.807, 2.05) is 44.0 Å². The third-order valence-electron chi connectivity index (χ3n) is 3.50. The number of likely N-dealkylation sites (tertiary alicyclic amines) is 1. The maximum atomic E-state index is 12.3. The van der Waals surface area contributed by atoms with Crippen molar-refractivity contribution in [2.45, 2.75) is 51.7 Å². The standard InChI is InChI=1S/C16H25N3O3/c1-16(2,3)22-15(21)18-13-7-5-9-19(11-13)14(20)10-12-6-4-8-17-12/h4,6,8,13,17H,5,7,9-11H2,1-3H3,(H,18,21)/t13-/m1/s1. The fourth-order valence-electron chi connectivity index (χ4n) is 2.55. The van der Waals surface area contributed by atoms with Crippen molar-refractivity contribution in [3.05, 3.63) is 24.0 Å². The second-order valence-electron chi connectivity index (χ2n) is 6.70. The molecule has 122 valence electrons. The molecule has 0 saturated carbocycles.